The van der Waals surface area contributed by atoms with Crippen LogP contribution in [0.15, 0.2) is 0 Å². The van der Waals surface area contributed by atoms with Crippen molar-refractivity contribution in [3.8, 4) is 0 Å². The van der Waals surface area contributed by atoms with Crippen molar-refractivity contribution in [2.75, 3.05) is 13.2 Å². The van der Waals surface area contributed by atoms with Crippen molar-refractivity contribution in [3.05, 3.63) is 0 Å². The molecule has 70 valence electrons. The average molecular weight is 170 g/mol. The molecule has 2 rings (SSSR count). The van der Waals surface area contributed by atoms with Crippen LogP contribution in [-0.2, 0) is 4.74 Å². The van der Waals surface area contributed by atoms with Crippen molar-refractivity contribution in [1.82, 2.24) is 0 Å². The molecule has 1 N–H and O–H groups in total. The molecule has 2 unspecified atom stereocenters. The van der Waals surface area contributed by atoms with Crippen LogP contribution in [0.5, 0.6) is 0 Å². The zero-order valence-electron chi connectivity index (χ0n) is 7.54. The van der Waals surface area contributed by atoms with Gasteiger partial charge in [-0.2, -0.15) is 0 Å². The Hall–Kier alpha value is -0.0800. The monoisotopic (exact) mass is 170 g/mol. The highest BCUT2D eigenvalue weighted by atomic mass is 16.5. The Morgan fingerprint density at radius 2 is 1.92 bits per heavy atom. The molecule has 2 aliphatic rings. The van der Waals surface area contributed by atoms with Crippen LogP contribution in [-0.4, -0.2) is 24.4 Å². The van der Waals surface area contributed by atoms with Crippen LogP contribution in [0, 0.1) is 11.8 Å². The highest BCUT2D eigenvalue weighted by Crippen LogP contribution is 2.36. The maximum atomic E-state index is 9.12. The normalized spacial score (nSPS) is 37.8. The molecule has 0 spiro atoms. The van der Waals surface area contributed by atoms with E-state index in [1.54, 1.807) is 0 Å². The predicted octanol–water partition coefficient (Wildman–Crippen LogP) is 1.57. The predicted molar refractivity (Wildman–Crippen MR) is 46.9 cm³/mol. The van der Waals surface area contributed by atoms with Gasteiger partial charge in [-0.3, -0.25) is 0 Å². The molecular formula is C10H18O2. The molecule has 2 nitrogen and oxygen atoms in total. The van der Waals surface area contributed by atoms with E-state index in [-0.39, 0.29) is 0 Å². The lowest BCUT2D eigenvalue weighted by Crippen LogP contribution is -2.26. The van der Waals surface area contributed by atoms with Gasteiger partial charge in [-0.25, -0.2) is 0 Å². The SMILES string of the molecule is OCC1CCOC1C1CCCC1. The lowest BCUT2D eigenvalue weighted by atomic mass is 9.90. The van der Waals surface area contributed by atoms with E-state index in [0.29, 0.717) is 18.6 Å². The number of aliphatic hydroxyl groups is 1. The van der Waals surface area contributed by atoms with Gasteiger partial charge >= 0.3 is 0 Å². The van der Waals surface area contributed by atoms with E-state index in [1.807, 2.05) is 0 Å². The molecule has 2 fully saturated rings. The molecular weight excluding hydrogens is 152 g/mol. The van der Waals surface area contributed by atoms with Gasteiger partial charge in [0, 0.05) is 19.1 Å². The number of hydrogen-bond donors (Lipinski definition) is 1. The Labute approximate surface area is 73.9 Å². The van der Waals surface area contributed by atoms with Crippen LogP contribution in [0.4, 0.5) is 0 Å². The molecule has 1 aliphatic carbocycles. The Morgan fingerprint density at radius 3 is 2.58 bits per heavy atom. The van der Waals surface area contributed by atoms with Crippen LogP contribution in [0.3, 0.4) is 0 Å². The van der Waals surface area contributed by atoms with Gasteiger partial charge in [0.1, 0.15) is 0 Å². The molecule has 0 amide bonds. The number of aliphatic hydroxyl groups excluding tert-OH is 1. The van der Waals surface area contributed by atoms with Crippen LogP contribution in [0.25, 0.3) is 0 Å². The largest absolute Gasteiger partial charge is 0.396 e. The first-order valence-electron chi connectivity index (χ1n) is 5.14. The van der Waals surface area contributed by atoms with E-state index in [4.69, 9.17) is 9.84 Å². The first kappa shape index (κ1) is 8.52. The molecule has 2 heteroatoms. The van der Waals surface area contributed by atoms with E-state index in [0.717, 1.165) is 18.9 Å². The second kappa shape index (κ2) is 3.75. The lowest BCUT2D eigenvalue weighted by molar-refractivity contribution is 0.0292. The Morgan fingerprint density at radius 1 is 1.17 bits per heavy atom. The lowest BCUT2D eigenvalue weighted by Gasteiger charge is -2.22. The summed E-state index contributed by atoms with van der Waals surface area (Å²) in [6.45, 7) is 1.19. The molecule has 0 bridgehead atoms. The summed E-state index contributed by atoms with van der Waals surface area (Å²) in [7, 11) is 0. The Bertz CT molecular complexity index is 141. The zero-order chi connectivity index (χ0) is 8.39. The summed E-state index contributed by atoms with van der Waals surface area (Å²) in [6.07, 6.45) is 6.82. The standard InChI is InChI=1S/C10H18O2/c11-7-9-5-6-12-10(9)8-3-1-2-4-8/h8-11H,1-7H2. The third kappa shape index (κ3) is 1.50. The summed E-state index contributed by atoms with van der Waals surface area (Å²) in [5.41, 5.74) is 0. The summed E-state index contributed by atoms with van der Waals surface area (Å²) < 4.78 is 5.68. The van der Waals surface area contributed by atoms with Crippen molar-refractivity contribution in [1.29, 1.82) is 0 Å². The molecule has 12 heavy (non-hydrogen) atoms. The third-order valence-electron chi connectivity index (χ3n) is 3.36. The fraction of sp³-hybridized carbons (Fsp3) is 1.00. The number of rotatable bonds is 2. The first-order chi connectivity index (χ1) is 5.92. The molecule has 0 aromatic carbocycles. The summed E-state index contributed by atoms with van der Waals surface area (Å²) in [4.78, 5) is 0. The van der Waals surface area contributed by atoms with Crippen LogP contribution in [0.1, 0.15) is 32.1 Å². The summed E-state index contributed by atoms with van der Waals surface area (Å²) in [5.74, 6) is 1.19. The molecule has 1 aliphatic heterocycles. The van der Waals surface area contributed by atoms with Crippen LogP contribution < -0.4 is 0 Å². The van der Waals surface area contributed by atoms with Gasteiger partial charge in [-0.15, -0.1) is 0 Å². The third-order valence-corrected chi connectivity index (χ3v) is 3.36. The highest BCUT2D eigenvalue weighted by Gasteiger charge is 2.35. The Balaban J connectivity index is 1.92. The van der Waals surface area contributed by atoms with Crippen molar-refractivity contribution in [3.63, 3.8) is 0 Å². The first-order valence-corrected chi connectivity index (χ1v) is 5.14. The van der Waals surface area contributed by atoms with E-state index in [9.17, 15) is 0 Å². The van der Waals surface area contributed by atoms with Gasteiger partial charge in [0.15, 0.2) is 0 Å². The van der Waals surface area contributed by atoms with E-state index in [1.165, 1.54) is 25.7 Å². The molecule has 0 radical (unpaired) electrons. The van der Waals surface area contributed by atoms with E-state index in [2.05, 4.69) is 0 Å². The maximum absolute atomic E-state index is 9.12. The van der Waals surface area contributed by atoms with E-state index >= 15 is 0 Å². The van der Waals surface area contributed by atoms with Crippen molar-refractivity contribution < 1.29 is 9.84 Å². The fourth-order valence-corrected chi connectivity index (χ4v) is 2.66. The smallest absolute Gasteiger partial charge is 0.0654 e. The summed E-state index contributed by atoms with van der Waals surface area (Å²) in [6, 6.07) is 0. The van der Waals surface area contributed by atoms with Gasteiger partial charge in [0.2, 0.25) is 0 Å². The molecule has 0 aromatic heterocycles. The fourth-order valence-electron chi connectivity index (χ4n) is 2.66. The highest BCUT2D eigenvalue weighted by molar-refractivity contribution is 4.84. The van der Waals surface area contributed by atoms with Gasteiger partial charge in [-0.1, -0.05) is 12.8 Å². The summed E-state index contributed by atoms with van der Waals surface area (Å²) >= 11 is 0. The van der Waals surface area contributed by atoms with Gasteiger partial charge in [0.25, 0.3) is 0 Å². The molecule has 1 heterocycles. The Kier molecular flexibility index (Phi) is 2.66. The van der Waals surface area contributed by atoms with Crippen molar-refractivity contribution in [2.24, 2.45) is 11.8 Å². The van der Waals surface area contributed by atoms with E-state index < -0.39 is 0 Å². The van der Waals surface area contributed by atoms with Crippen LogP contribution >= 0.6 is 0 Å². The number of hydrogen-bond acceptors (Lipinski definition) is 2. The minimum absolute atomic E-state index is 0.321. The minimum Gasteiger partial charge on any atom is -0.396 e. The van der Waals surface area contributed by atoms with Crippen molar-refractivity contribution >= 4 is 0 Å². The topological polar surface area (TPSA) is 29.5 Å². The average Bonchev–Trinajstić information content (AvgIpc) is 2.74. The second-order valence-corrected chi connectivity index (χ2v) is 4.11. The maximum Gasteiger partial charge on any atom is 0.0654 e. The second-order valence-electron chi connectivity index (χ2n) is 4.11. The van der Waals surface area contributed by atoms with Crippen LogP contribution in [0.2, 0.25) is 0 Å². The zero-order valence-corrected chi connectivity index (χ0v) is 7.54. The quantitative estimate of drug-likeness (QED) is 0.681. The molecule has 1 saturated heterocycles. The van der Waals surface area contributed by atoms with Gasteiger partial charge in [0.05, 0.1) is 6.10 Å². The molecule has 2 atom stereocenters. The molecule has 1 saturated carbocycles. The van der Waals surface area contributed by atoms with Crippen molar-refractivity contribution in [2.45, 2.75) is 38.2 Å². The summed E-state index contributed by atoms with van der Waals surface area (Å²) in [5, 5.41) is 9.12. The van der Waals surface area contributed by atoms with Gasteiger partial charge < -0.3 is 9.84 Å². The number of ether oxygens (including phenoxy) is 1. The minimum atomic E-state index is 0.321. The van der Waals surface area contributed by atoms with Gasteiger partial charge in [-0.05, 0) is 25.2 Å². The molecule has 0 aromatic rings.